The summed E-state index contributed by atoms with van der Waals surface area (Å²) in [6, 6.07) is 4.34. The second-order valence-corrected chi connectivity index (χ2v) is 6.71. The molecule has 0 spiro atoms. The molecule has 0 fully saturated rings. The van der Waals surface area contributed by atoms with Crippen molar-refractivity contribution in [2.45, 2.75) is 64.2 Å². The molecule has 4 rings (SSSR count). The van der Waals surface area contributed by atoms with Gasteiger partial charge in [-0.1, -0.05) is 18.9 Å². The maximum absolute atomic E-state index is 4.85. The smallest absolute Gasteiger partial charge is 0.0442 e. The zero-order valence-electron chi connectivity index (χ0n) is 13.3. The van der Waals surface area contributed by atoms with Gasteiger partial charge in [-0.15, -0.1) is 0 Å². The van der Waals surface area contributed by atoms with E-state index in [1.54, 1.807) is 11.1 Å². The molecule has 0 unspecified atom stereocenters. The molecule has 0 atom stereocenters. The molecular formula is C20H24N2. The summed E-state index contributed by atoms with van der Waals surface area (Å²) in [4.78, 5) is 9.43. The lowest BCUT2D eigenvalue weighted by Crippen LogP contribution is -2.14. The third kappa shape index (κ3) is 2.67. The van der Waals surface area contributed by atoms with Gasteiger partial charge in [-0.3, -0.25) is 9.97 Å². The van der Waals surface area contributed by atoms with E-state index in [2.05, 4.69) is 23.3 Å². The lowest BCUT2D eigenvalue weighted by Gasteiger charge is -2.22. The van der Waals surface area contributed by atoms with Crippen molar-refractivity contribution in [1.82, 2.24) is 9.97 Å². The summed E-state index contributed by atoms with van der Waals surface area (Å²) in [5.74, 6) is 0. The minimum absolute atomic E-state index is 1.04. The quantitative estimate of drug-likeness (QED) is 0.733. The normalized spacial score (nSPS) is 18.0. The van der Waals surface area contributed by atoms with E-state index in [1.165, 1.54) is 61.0 Å². The first-order chi connectivity index (χ1) is 10.9. The molecule has 0 N–H and O–H groups in total. The summed E-state index contributed by atoms with van der Waals surface area (Å²) in [5, 5.41) is 0. The molecule has 0 amide bonds. The number of pyridine rings is 2. The highest BCUT2D eigenvalue weighted by Crippen LogP contribution is 2.28. The molecule has 0 radical (unpaired) electrons. The third-order valence-electron chi connectivity index (χ3n) is 5.33. The van der Waals surface area contributed by atoms with Crippen molar-refractivity contribution in [3.05, 3.63) is 58.2 Å². The molecule has 0 aromatic carbocycles. The highest BCUT2D eigenvalue weighted by atomic mass is 14.7. The van der Waals surface area contributed by atoms with Crippen molar-refractivity contribution < 1.29 is 0 Å². The van der Waals surface area contributed by atoms with E-state index in [0.29, 0.717) is 0 Å². The van der Waals surface area contributed by atoms with Crippen LogP contribution >= 0.6 is 0 Å². The monoisotopic (exact) mass is 292 g/mol. The molecule has 2 aromatic heterocycles. The van der Waals surface area contributed by atoms with Crippen LogP contribution in [0.15, 0.2) is 24.5 Å². The Morgan fingerprint density at radius 1 is 0.636 bits per heavy atom. The molecule has 2 nitrogen and oxygen atoms in total. The van der Waals surface area contributed by atoms with Crippen molar-refractivity contribution in [3.8, 4) is 0 Å². The molecular weight excluding hydrogens is 268 g/mol. The van der Waals surface area contributed by atoms with E-state index >= 15 is 0 Å². The predicted octanol–water partition coefficient (Wildman–Crippen LogP) is 4.02. The van der Waals surface area contributed by atoms with Gasteiger partial charge in [0.2, 0.25) is 0 Å². The zero-order valence-corrected chi connectivity index (χ0v) is 13.3. The fourth-order valence-electron chi connectivity index (χ4n) is 4.11. The first kappa shape index (κ1) is 13.9. The number of aryl methyl sites for hydroxylation is 4. The fraction of sp³-hybridized carbons (Fsp3) is 0.500. The van der Waals surface area contributed by atoms with Crippen LogP contribution in [0.4, 0.5) is 0 Å². The van der Waals surface area contributed by atoms with E-state index < -0.39 is 0 Å². The van der Waals surface area contributed by atoms with Crippen LogP contribution in [0.3, 0.4) is 0 Å². The van der Waals surface area contributed by atoms with Crippen molar-refractivity contribution in [1.29, 1.82) is 0 Å². The summed E-state index contributed by atoms with van der Waals surface area (Å²) < 4.78 is 0. The molecule has 2 aliphatic rings. The standard InChI is InChI=1S/C20H24N2/c1-2-4-8-17-16(6-3-1)14-22-20-12-11-19-15(7-5-13-21-19)9-10-18(17)20/h5,7,13-14H,1-4,6,8-12H2. The second-order valence-electron chi connectivity index (χ2n) is 6.71. The Labute approximate surface area is 133 Å². The number of fused-ring (bicyclic) bond motifs is 4. The van der Waals surface area contributed by atoms with Crippen LogP contribution in [0.1, 0.15) is 59.3 Å². The Hall–Kier alpha value is -1.70. The second kappa shape index (κ2) is 6.20. The Bertz CT molecular complexity index is 675. The summed E-state index contributed by atoms with van der Waals surface area (Å²) >= 11 is 0. The minimum atomic E-state index is 1.04. The molecule has 0 saturated heterocycles. The lowest BCUT2D eigenvalue weighted by molar-refractivity contribution is 0.608. The van der Waals surface area contributed by atoms with Gasteiger partial charge in [0.25, 0.3) is 0 Å². The molecule has 0 saturated carbocycles. The Kier molecular flexibility index (Phi) is 3.92. The van der Waals surface area contributed by atoms with E-state index in [-0.39, 0.29) is 0 Å². The molecule has 22 heavy (non-hydrogen) atoms. The van der Waals surface area contributed by atoms with Crippen LogP contribution < -0.4 is 0 Å². The number of hydrogen-bond acceptors (Lipinski definition) is 2. The van der Waals surface area contributed by atoms with Crippen molar-refractivity contribution >= 4 is 0 Å². The maximum Gasteiger partial charge on any atom is 0.0442 e. The van der Waals surface area contributed by atoms with Gasteiger partial charge in [0.15, 0.2) is 0 Å². The summed E-state index contributed by atoms with van der Waals surface area (Å²) in [7, 11) is 0. The third-order valence-corrected chi connectivity index (χ3v) is 5.33. The van der Waals surface area contributed by atoms with Crippen LogP contribution in [-0.4, -0.2) is 9.97 Å². The SMILES string of the molecule is c1cnc2c(c1)CCc1c(ncc3c1CCCCCC3)CC2. The average molecular weight is 292 g/mol. The van der Waals surface area contributed by atoms with Gasteiger partial charge in [-0.25, -0.2) is 0 Å². The number of nitrogens with zero attached hydrogens (tertiary/aromatic N) is 2. The molecule has 2 heteroatoms. The fourth-order valence-corrected chi connectivity index (χ4v) is 4.11. The number of aromatic nitrogens is 2. The minimum Gasteiger partial charge on any atom is -0.261 e. The Morgan fingerprint density at radius 3 is 2.45 bits per heavy atom. The largest absolute Gasteiger partial charge is 0.261 e. The molecule has 2 aromatic rings. The highest BCUT2D eigenvalue weighted by Gasteiger charge is 2.19. The Morgan fingerprint density at radius 2 is 1.50 bits per heavy atom. The summed E-state index contributed by atoms with van der Waals surface area (Å²) in [6.07, 6.45) is 16.4. The molecule has 0 aliphatic heterocycles. The Balaban J connectivity index is 1.71. The van der Waals surface area contributed by atoms with Crippen molar-refractivity contribution in [2.75, 3.05) is 0 Å². The van der Waals surface area contributed by atoms with Crippen LogP contribution in [0.5, 0.6) is 0 Å². The van der Waals surface area contributed by atoms with Gasteiger partial charge in [-0.05, 0) is 79.7 Å². The van der Waals surface area contributed by atoms with Gasteiger partial charge >= 0.3 is 0 Å². The molecule has 2 heterocycles. The van der Waals surface area contributed by atoms with Gasteiger partial charge in [0.05, 0.1) is 0 Å². The van der Waals surface area contributed by atoms with Crippen LogP contribution in [-0.2, 0) is 38.5 Å². The van der Waals surface area contributed by atoms with Crippen LogP contribution in [0.25, 0.3) is 0 Å². The number of hydrogen-bond donors (Lipinski definition) is 0. The molecule has 114 valence electrons. The van der Waals surface area contributed by atoms with E-state index in [4.69, 9.17) is 4.98 Å². The van der Waals surface area contributed by atoms with Gasteiger partial charge in [0.1, 0.15) is 0 Å². The number of rotatable bonds is 0. The topological polar surface area (TPSA) is 25.8 Å². The zero-order chi connectivity index (χ0) is 14.8. The van der Waals surface area contributed by atoms with E-state index in [9.17, 15) is 0 Å². The van der Waals surface area contributed by atoms with Crippen molar-refractivity contribution in [2.24, 2.45) is 0 Å². The average Bonchev–Trinajstić information content (AvgIpc) is 2.50. The van der Waals surface area contributed by atoms with Gasteiger partial charge < -0.3 is 0 Å². The van der Waals surface area contributed by atoms with E-state index in [0.717, 1.165) is 25.7 Å². The maximum atomic E-state index is 4.85. The molecule has 2 aliphatic carbocycles. The first-order valence-corrected chi connectivity index (χ1v) is 8.83. The van der Waals surface area contributed by atoms with Gasteiger partial charge in [0, 0.05) is 23.8 Å². The lowest BCUT2D eigenvalue weighted by atomic mass is 9.85. The van der Waals surface area contributed by atoms with E-state index in [1.807, 2.05) is 6.20 Å². The van der Waals surface area contributed by atoms with Crippen LogP contribution in [0, 0.1) is 0 Å². The summed E-state index contributed by atoms with van der Waals surface area (Å²) in [5.41, 5.74) is 8.82. The first-order valence-electron chi connectivity index (χ1n) is 8.83. The highest BCUT2D eigenvalue weighted by molar-refractivity contribution is 5.40. The van der Waals surface area contributed by atoms with Crippen molar-refractivity contribution in [3.63, 3.8) is 0 Å². The summed E-state index contributed by atoms with van der Waals surface area (Å²) in [6.45, 7) is 0. The predicted molar refractivity (Wildman–Crippen MR) is 89.2 cm³/mol. The van der Waals surface area contributed by atoms with Gasteiger partial charge in [-0.2, -0.15) is 0 Å². The molecule has 0 bridgehead atoms. The van der Waals surface area contributed by atoms with Crippen LogP contribution in [0.2, 0.25) is 0 Å².